The molecule has 1 aromatic carbocycles. The number of ether oxygens (including phenoxy) is 2. The average Bonchev–Trinajstić information content (AvgIpc) is 2.50. The molecular weight excluding hydrogens is 276 g/mol. The van der Waals surface area contributed by atoms with Crippen molar-refractivity contribution in [1.82, 2.24) is 5.32 Å². The van der Waals surface area contributed by atoms with Crippen LogP contribution in [0.2, 0.25) is 0 Å². The Labute approximate surface area is 121 Å². The van der Waals surface area contributed by atoms with Gasteiger partial charge in [0, 0.05) is 11.1 Å². The van der Waals surface area contributed by atoms with E-state index in [0.717, 1.165) is 11.8 Å². The molecule has 0 aliphatic heterocycles. The van der Waals surface area contributed by atoms with Gasteiger partial charge in [-0.1, -0.05) is 35.4 Å². The first kappa shape index (κ1) is 16.1. The predicted octanol–water partition coefficient (Wildman–Crippen LogP) is 2.63. The number of rotatable bonds is 6. The van der Waals surface area contributed by atoms with Gasteiger partial charge < -0.3 is 9.47 Å². The van der Waals surface area contributed by atoms with Gasteiger partial charge in [0.2, 0.25) is 0 Å². The Hall–Kier alpha value is -2.99. The second kappa shape index (κ2) is 9.00. The van der Waals surface area contributed by atoms with Crippen LogP contribution in [0, 0.1) is 0 Å². The van der Waals surface area contributed by atoms with E-state index in [1.807, 2.05) is 18.2 Å². The molecule has 8 nitrogen and oxygen atoms in total. The monoisotopic (exact) mass is 290 g/mol. The number of azide groups is 1. The Balaban J connectivity index is 2.59. The zero-order valence-corrected chi connectivity index (χ0v) is 11.4. The number of esters is 1. The first-order chi connectivity index (χ1) is 10.2. The normalized spacial score (nSPS) is 10.2. The van der Waals surface area contributed by atoms with E-state index in [0.29, 0.717) is 0 Å². The van der Waals surface area contributed by atoms with E-state index in [1.165, 1.54) is 0 Å². The number of amides is 1. The Morgan fingerprint density at radius 3 is 2.67 bits per heavy atom. The van der Waals surface area contributed by atoms with Crippen molar-refractivity contribution in [1.29, 1.82) is 0 Å². The third kappa shape index (κ3) is 6.13. The summed E-state index contributed by atoms with van der Waals surface area (Å²) in [6.07, 6.45) is -0.00630. The summed E-state index contributed by atoms with van der Waals surface area (Å²) in [7, 11) is 0. The minimum absolute atomic E-state index is 0.0459. The number of nitrogens with zero attached hydrogens (tertiary/aromatic N) is 3. The molecule has 21 heavy (non-hydrogen) atoms. The Bertz CT molecular complexity index is 565. The highest BCUT2D eigenvalue weighted by Crippen LogP contribution is 2.02. The van der Waals surface area contributed by atoms with Crippen LogP contribution in [0.1, 0.15) is 12.5 Å². The van der Waals surface area contributed by atoms with Gasteiger partial charge in [-0.2, -0.15) is 0 Å². The molecule has 0 aliphatic carbocycles. The van der Waals surface area contributed by atoms with Crippen LogP contribution in [0.5, 0.6) is 0 Å². The number of hydrogen-bond acceptors (Lipinski definition) is 5. The highest BCUT2D eigenvalue weighted by Gasteiger charge is 2.14. The van der Waals surface area contributed by atoms with Gasteiger partial charge in [0.15, 0.2) is 0 Å². The van der Waals surface area contributed by atoms with E-state index in [-0.39, 0.29) is 18.9 Å². The van der Waals surface area contributed by atoms with Gasteiger partial charge in [0.25, 0.3) is 0 Å². The van der Waals surface area contributed by atoms with Crippen molar-refractivity contribution in [3.8, 4) is 0 Å². The van der Waals surface area contributed by atoms with Gasteiger partial charge in [-0.3, -0.25) is 5.32 Å². The molecule has 0 spiro atoms. The summed E-state index contributed by atoms with van der Waals surface area (Å²) in [4.78, 5) is 25.6. The van der Waals surface area contributed by atoms with Gasteiger partial charge in [-0.15, -0.1) is 0 Å². The van der Waals surface area contributed by atoms with Crippen LogP contribution in [-0.2, 0) is 20.9 Å². The van der Waals surface area contributed by atoms with E-state index < -0.39 is 12.1 Å². The number of carbonyl (C=O) groups is 2. The van der Waals surface area contributed by atoms with Crippen molar-refractivity contribution in [2.45, 2.75) is 13.5 Å². The van der Waals surface area contributed by atoms with Crippen molar-refractivity contribution in [3.63, 3.8) is 0 Å². The fourth-order valence-corrected chi connectivity index (χ4v) is 1.30. The molecule has 0 radical (unpaired) electrons. The first-order valence-electron chi connectivity index (χ1n) is 6.06. The first-order valence-corrected chi connectivity index (χ1v) is 6.06. The van der Waals surface area contributed by atoms with Gasteiger partial charge in [0.05, 0.1) is 6.61 Å². The molecule has 0 bridgehead atoms. The second-order valence-corrected chi connectivity index (χ2v) is 3.65. The summed E-state index contributed by atoms with van der Waals surface area (Å²) in [5.74, 6) is -0.818. The lowest BCUT2D eigenvalue weighted by Crippen LogP contribution is -2.29. The minimum Gasteiger partial charge on any atom is -0.461 e. The quantitative estimate of drug-likeness (QED) is 0.285. The van der Waals surface area contributed by atoms with Crippen LogP contribution < -0.4 is 5.32 Å². The molecule has 8 heteroatoms. The zero-order chi connectivity index (χ0) is 15.5. The topological polar surface area (TPSA) is 113 Å². The predicted molar refractivity (Wildman–Crippen MR) is 73.6 cm³/mol. The lowest BCUT2D eigenvalue weighted by molar-refractivity contribution is -0.138. The summed E-state index contributed by atoms with van der Waals surface area (Å²) in [5, 5.41) is 5.26. The second-order valence-electron chi connectivity index (χ2n) is 3.65. The van der Waals surface area contributed by atoms with Crippen LogP contribution in [0.4, 0.5) is 4.79 Å². The zero-order valence-electron chi connectivity index (χ0n) is 11.4. The number of benzene rings is 1. The molecule has 0 saturated heterocycles. The Morgan fingerprint density at radius 2 is 2.05 bits per heavy atom. The van der Waals surface area contributed by atoms with Crippen LogP contribution >= 0.6 is 0 Å². The smallest absolute Gasteiger partial charge is 0.412 e. The summed E-state index contributed by atoms with van der Waals surface area (Å²) in [6.45, 7) is 1.77. The van der Waals surface area contributed by atoms with Crippen LogP contribution in [-0.4, -0.2) is 18.7 Å². The van der Waals surface area contributed by atoms with E-state index in [2.05, 4.69) is 15.3 Å². The van der Waals surface area contributed by atoms with Crippen molar-refractivity contribution in [2.75, 3.05) is 6.61 Å². The maximum Gasteiger partial charge on any atom is 0.412 e. The average molecular weight is 290 g/mol. The highest BCUT2D eigenvalue weighted by molar-refractivity contribution is 5.92. The molecule has 0 aromatic heterocycles. The fourth-order valence-electron chi connectivity index (χ4n) is 1.30. The molecule has 1 rings (SSSR count). The standard InChI is InChI=1S/C13H14N4O4/c1-2-20-12(18)11(8-15-17-14)16-13(19)21-9-10-6-4-3-5-7-10/h3-8H,2,9H2,1H3,(H,16,19)/b11-8-. The number of carbonyl (C=O) groups excluding carboxylic acids is 2. The maximum atomic E-state index is 11.6. The Morgan fingerprint density at radius 1 is 1.33 bits per heavy atom. The third-order valence-corrected chi connectivity index (χ3v) is 2.18. The molecular formula is C13H14N4O4. The molecule has 1 aromatic rings. The number of nitrogens with one attached hydrogen (secondary N) is 1. The number of alkyl carbamates (subject to hydrolysis) is 1. The van der Waals surface area contributed by atoms with Gasteiger partial charge >= 0.3 is 12.1 Å². The fraction of sp³-hybridized carbons (Fsp3) is 0.231. The van der Waals surface area contributed by atoms with E-state index in [4.69, 9.17) is 15.0 Å². The summed E-state index contributed by atoms with van der Waals surface area (Å²) < 4.78 is 9.64. The summed E-state index contributed by atoms with van der Waals surface area (Å²) >= 11 is 0. The molecule has 0 heterocycles. The summed E-state index contributed by atoms with van der Waals surface area (Å²) in [6, 6.07) is 9.03. The molecule has 0 aliphatic rings. The lowest BCUT2D eigenvalue weighted by Gasteiger charge is -2.09. The van der Waals surface area contributed by atoms with Crippen molar-refractivity contribution in [3.05, 3.63) is 58.2 Å². The third-order valence-electron chi connectivity index (χ3n) is 2.18. The van der Waals surface area contributed by atoms with Gasteiger partial charge in [0.1, 0.15) is 12.3 Å². The van der Waals surface area contributed by atoms with Gasteiger partial charge in [-0.25, -0.2) is 9.59 Å². The molecule has 0 atom stereocenters. The molecule has 0 saturated carbocycles. The molecule has 0 unspecified atom stereocenters. The SMILES string of the molecule is CCOC(=O)/C(=C/N=[N+]=[N-])NC(=O)OCc1ccccc1. The molecule has 110 valence electrons. The lowest BCUT2D eigenvalue weighted by atomic mass is 10.2. The Kier molecular flexibility index (Phi) is 6.89. The van der Waals surface area contributed by atoms with Crippen molar-refractivity contribution < 1.29 is 19.1 Å². The molecule has 1 N–H and O–H groups in total. The van der Waals surface area contributed by atoms with Crippen LogP contribution in [0.15, 0.2) is 47.3 Å². The van der Waals surface area contributed by atoms with E-state index in [9.17, 15) is 9.59 Å². The number of hydrogen-bond donors (Lipinski definition) is 1. The van der Waals surface area contributed by atoms with Crippen molar-refractivity contribution >= 4 is 12.1 Å². The van der Waals surface area contributed by atoms with E-state index in [1.54, 1.807) is 19.1 Å². The van der Waals surface area contributed by atoms with Gasteiger partial charge in [-0.05, 0) is 18.0 Å². The highest BCUT2D eigenvalue weighted by atomic mass is 16.6. The minimum atomic E-state index is -0.855. The summed E-state index contributed by atoms with van der Waals surface area (Å²) in [5.41, 5.74) is 8.73. The van der Waals surface area contributed by atoms with Crippen molar-refractivity contribution in [2.24, 2.45) is 5.11 Å². The maximum absolute atomic E-state index is 11.6. The molecule has 1 amide bonds. The largest absolute Gasteiger partial charge is 0.461 e. The van der Waals surface area contributed by atoms with Crippen LogP contribution in [0.25, 0.3) is 10.4 Å². The van der Waals surface area contributed by atoms with E-state index >= 15 is 0 Å². The van der Waals surface area contributed by atoms with Crippen LogP contribution in [0.3, 0.4) is 0 Å². The molecule has 0 fully saturated rings.